The molecular weight excluding hydrogens is 171 g/mol. The Morgan fingerprint density at radius 1 is 1.46 bits per heavy atom. The van der Waals surface area contributed by atoms with E-state index in [1.807, 2.05) is 0 Å². The maximum Gasteiger partial charge on any atom is 0.148 e. The molecule has 0 bridgehead atoms. The molecule has 1 aromatic rings. The van der Waals surface area contributed by atoms with E-state index in [2.05, 4.69) is 6.58 Å². The van der Waals surface area contributed by atoms with Crippen molar-refractivity contribution in [3.05, 3.63) is 47.8 Å². The van der Waals surface area contributed by atoms with E-state index < -0.39 is 6.10 Å². The average Bonchev–Trinajstić information content (AvgIpc) is 2.17. The highest BCUT2D eigenvalue weighted by Gasteiger charge is 2.09. The molecule has 0 aliphatic heterocycles. The average molecular weight is 180 g/mol. The zero-order valence-corrected chi connectivity index (χ0v) is 6.90. The number of carbonyl (C=O) groups is 1. The molecule has 1 N–H and O–H groups in total. The van der Waals surface area contributed by atoms with E-state index in [-0.39, 0.29) is 11.4 Å². The Morgan fingerprint density at radius 2 is 2.00 bits per heavy atom. The number of aliphatic hydroxyl groups is 1. The maximum absolute atomic E-state index is 12.5. The summed E-state index contributed by atoms with van der Waals surface area (Å²) >= 11 is 0. The van der Waals surface area contributed by atoms with Gasteiger partial charge in [-0.1, -0.05) is 18.7 Å². The smallest absolute Gasteiger partial charge is 0.148 e. The summed E-state index contributed by atoms with van der Waals surface area (Å²) in [5.74, 6) is -0.382. The number of hydrogen-bond acceptors (Lipinski definition) is 2. The Morgan fingerprint density at radius 3 is 2.46 bits per heavy atom. The molecular formula is C10H9FO2. The monoisotopic (exact) mass is 180 g/mol. The molecule has 3 heteroatoms. The molecule has 1 rings (SSSR count). The first-order valence-electron chi connectivity index (χ1n) is 3.72. The Balaban J connectivity index is 2.89. The molecule has 0 aliphatic rings. The van der Waals surface area contributed by atoms with E-state index in [0.29, 0.717) is 11.8 Å². The van der Waals surface area contributed by atoms with Crippen molar-refractivity contribution in [1.82, 2.24) is 0 Å². The predicted molar refractivity (Wildman–Crippen MR) is 46.6 cm³/mol. The molecule has 0 heterocycles. The second-order valence-electron chi connectivity index (χ2n) is 2.65. The van der Waals surface area contributed by atoms with Gasteiger partial charge in [-0.25, -0.2) is 4.39 Å². The minimum Gasteiger partial charge on any atom is -0.384 e. The molecule has 2 nitrogen and oxygen atoms in total. The van der Waals surface area contributed by atoms with Crippen LogP contribution in [0.1, 0.15) is 11.7 Å². The maximum atomic E-state index is 12.5. The first kappa shape index (κ1) is 9.61. The summed E-state index contributed by atoms with van der Waals surface area (Å²) in [6, 6.07) is 5.26. The topological polar surface area (TPSA) is 37.3 Å². The summed E-state index contributed by atoms with van der Waals surface area (Å²) in [5.41, 5.74) is 0.519. The second-order valence-corrected chi connectivity index (χ2v) is 2.65. The SMILES string of the molecule is C=C(C=O)C(O)c1ccc(F)cc1. The largest absolute Gasteiger partial charge is 0.384 e. The van der Waals surface area contributed by atoms with Crippen molar-refractivity contribution in [2.24, 2.45) is 0 Å². The van der Waals surface area contributed by atoms with Gasteiger partial charge in [-0.15, -0.1) is 0 Å². The zero-order valence-electron chi connectivity index (χ0n) is 6.90. The minimum absolute atomic E-state index is 0.0617. The van der Waals surface area contributed by atoms with E-state index >= 15 is 0 Å². The lowest BCUT2D eigenvalue weighted by Crippen LogP contribution is -2.01. The standard InChI is InChI=1S/C10H9FO2/c1-7(6-12)10(13)8-2-4-9(11)5-3-8/h2-6,10,13H,1H2. The van der Waals surface area contributed by atoms with Crippen LogP contribution in [-0.2, 0) is 4.79 Å². The number of carbonyl (C=O) groups excluding carboxylic acids is 1. The van der Waals surface area contributed by atoms with Gasteiger partial charge in [0.15, 0.2) is 0 Å². The third-order valence-corrected chi connectivity index (χ3v) is 1.69. The lowest BCUT2D eigenvalue weighted by atomic mass is 10.0. The van der Waals surface area contributed by atoms with Crippen LogP contribution in [0.4, 0.5) is 4.39 Å². The normalized spacial score (nSPS) is 12.2. The molecule has 1 unspecified atom stereocenters. The van der Waals surface area contributed by atoms with Crippen LogP contribution >= 0.6 is 0 Å². The van der Waals surface area contributed by atoms with Crippen molar-refractivity contribution >= 4 is 6.29 Å². The van der Waals surface area contributed by atoms with E-state index in [4.69, 9.17) is 0 Å². The Bertz CT molecular complexity index is 316. The number of rotatable bonds is 3. The van der Waals surface area contributed by atoms with Gasteiger partial charge >= 0.3 is 0 Å². The van der Waals surface area contributed by atoms with E-state index in [1.165, 1.54) is 24.3 Å². The van der Waals surface area contributed by atoms with E-state index in [9.17, 15) is 14.3 Å². The quantitative estimate of drug-likeness (QED) is 0.566. The highest BCUT2D eigenvalue weighted by Crippen LogP contribution is 2.18. The Kier molecular flexibility index (Phi) is 2.93. The summed E-state index contributed by atoms with van der Waals surface area (Å²) in [4.78, 5) is 10.3. The number of aldehydes is 1. The number of halogens is 1. The molecule has 0 radical (unpaired) electrons. The highest BCUT2D eigenvalue weighted by atomic mass is 19.1. The fourth-order valence-corrected chi connectivity index (χ4v) is 0.924. The zero-order chi connectivity index (χ0) is 9.84. The van der Waals surface area contributed by atoms with E-state index in [1.54, 1.807) is 0 Å². The second kappa shape index (κ2) is 3.96. The molecule has 0 saturated heterocycles. The molecule has 0 amide bonds. The van der Waals surface area contributed by atoms with Crippen molar-refractivity contribution in [3.63, 3.8) is 0 Å². The third-order valence-electron chi connectivity index (χ3n) is 1.69. The van der Waals surface area contributed by atoms with Crippen LogP contribution in [0.15, 0.2) is 36.4 Å². The fourth-order valence-electron chi connectivity index (χ4n) is 0.924. The van der Waals surface area contributed by atoms with Gasteiger partial charge in [0.2, 0.25) is 0 Å². The van der Waals surface area contributed by atoms with Gasteiger partial charge < -0.3 is 5.11 Å². The van der Waals surface area contributed by atoms with Crippen LogP contribution in [0.5, 0.6) is 0 Å². The third kappa shape index (κ3) is 2.23. The van der Waals surface area contributed by atoms with Gasteiger partial charge in [-0.05, 0) is 17.7 Å². The highest BCUT2D eigenvalue weighted by molar-refractivity contribution is 5.74. The van der Waals surface area contributed by atoms with Gasteiger partial charge in [0, 0.05) is 5.57 Å². The number of hydrogen-bond donors (Lipinski definition) is 1. The van der Waals surface area contributed by atoms with Gasteiger partial charge in [-0.3, -0.25) is 4.79 Å². The predicted octanol–water partition coefficient (Wildman–Crippen LogP) is 1.61. The lowest BCUT2D eigenvalue weighted by molar-refractivity contribution is -0.105. The van der Waals surface area contributed by atoms with Crippen LogP contribution in [0.25, 0.3) is 0 Å². The van der Waals surface area contributed by atoms with Crippen LogP contribution < -0.4 is 0 Å². The summed E-state index contributed by atoms with van der Waals surface area (Å²) in [6.07, 6.45) is -0.563. The molecule has 0 aromatic heterocycles. The fraction of sp³-hybridized carbons (Fsp3) is 0.100. The molecule has 68 valence electrons. The lowest BCUT2D eigenvalue weighted by Gasteiger charge is -2.08. The molecule has 1 atom stereocenters. The summed E-state index contributed by atoms with van der Waals surface area (Å²) in [6.45, 7) is 3.36. The Labute approximate surface area is 75.3 Å². The first-order valence-corrected chi connectivity index (χ1v) is 3.72. The van der Waals surface area contributed by atoms with Crippen LogP contribution in [-0.4, -0.2) is 11.4 Å². The van der Waals surface area contributed by atoms with Crippen LogP contribution in [0.3, 0.4) is 0 Å². The van der Waals surface area contributed by atoms with Crippen LogP contribution in [0.2, 0.25) is 0 Å². The Hall–Kier alpha value is -1.48. The summed E-state index contributed by atoms with van der Waals surface area (Å²) < 4.78 is 12.5. The van der Waals surface area contributed by atoms with Gasteiger partial charge in [0.25, 0.3) is 0 Å². The van der Waals surface area contributed by atoms with Crippen molar-refractivity contribution in [2.45, 2.75) is 6.10 Å². The minimum atomic E-state index is -1.04. The van der Waals surface area contributed by atoms with Crippen molar-refractivity contribution < 1.29 is 14.3 Å². The number of aliphatic hydroxyl groups excluding tert-OH is 1. The molecule has 0 aliphatic carbocycles. The molecule has 0 saturated carbocycles. The summed E-state index contributed by atoms with van der Waals surface area (Å²) in [7, 11) is 0. The molecule has 13 heavy (non-hydrogen) atoms. The van der Waals surface area contributed by atoms with Gasteiger partial charge in [0.1, 0.15) is 18.2 Å². The number of benzene rings is 1. The molecule has 0 spiro atoms. The van der Waals surface area contributed by atoms with Gasteiger partial charge in [0.05, 0.1) is 0 Å². The first-order chi connectivity index (χ1) is 6.15. The molecule has 0 fully saturated rings. The van der Waals surface area contributed by atoms with Crippen molar-refractivity contribution in [1.29, 1.82) is 0 Å². The van der Waals surface area contributed by atoms with Crippen LogP contribution in [0, 0.1) is 5.82 Å². The molecule has 1 aromatic carbocycles. The van der Waals surface area contributed by atoms with Gasteiger partial charge in [-0.2, -0.15) is 0 Å². The van der Waals surface area contributed by atoms with Crippen molar-refractivity contribution in [3.8, 4) is 0 Å². The van der Waals surface area contributed by atoms with E-state index in [0.717, 1.165) is 0 Å². The summed E-state index contributed by atoms with van der Waals surface area (Å²) in [5, 5.41) is 9.43. The van der Waals surface area contributed by atoms with Crippen molar-refractivity contribution in [2.75, 3.05) is 0 Å².